The van der Waals surface area contributed by atoms with E-state index in [1.165, 1.54) is 24.3 Å². The molecule has 0 aliphatic carbocycles. The molecular weight excluding hydrogens is 282 g/mol. The van der Waals surface area contributed by atoms with Gasteiger partial charge >= 0.3 is 5.97 Å². The van der Waals surface area contributed by atoms with E-state index in [-0.39, 0.29) is 17.9 Å². The highest BCUT2D eigenvalue weighted by Gasteiger charge is 2.22. The first-order valence-corrected chi connectivity index (χ1v) is 7.67. The summed E-state index contributed by atoms with van der Waals surface area (Å²) >= 11 is 0. The summed E-state index contributed by atoms with van der Waals surface area (Å²) in [6.07, 6.45) is 0.269. The molecule has 0 radical (unpaired) electrons. The van der Waals surface area contributed by atoms with Gasteiger partial charge in [0.05, 0.1) is 16.9 Å². The van der Waals surface area contributed by atoms with E-state index >= 15 is 0 Å². The van der Waals surface area contributed by atoms with Crippen LogP contribution in [0.4, 0.5) is 0 Å². The van der Waals surface area contributed by atoms with Crippen LogP contribution in [0, 0.1) is 0 Å². The Labute approximate surface area is 118 Å². The van der Waals surface area contributed by atoms with Crippen molar-refractivity contribution < 1.29 is 23.4 Å². The smallest absolute Gasteiger partial charge is 0.307 e. The van der Waals surface area contributed by atoms with Gasteiger partial charge in [-0.15, -0.1) is 0 Å². The second-order valence-electron chi connectivity index (χ2n) is 4.89. The Morgan fingerprint density at radius 1 is 1.30 bits per heavy atom. The summed E-state index contributed by atoms with van der Waals surface area (Å²) in [4.78, 5) is 10.6. The van der Waals surface area contributed by atoms with E-state index in [9.17, 15) is 18.3 Å². The molecule has 0 aliphatic heterocycles. The fourth-order valence-electron chi connectivity index (χ4n) is 1.42. The Morgan fingerprint density at radius 2 is 1.85 bits per heavy atom. The SMILES string of the molecule is CCC(C)(O)CNS(=O)(=O)c1ccc(CC(=O)O)cc1. The van der Waals surface area contributed by atoms with Crippen molar-refractivity contribution >= 4 is 16.0 Å². The van der Waals surface area contributed by atoms with E-state index in [4.69, 9.17) is 5.11 Å². The van der Waals surface area contributed by atoms with E-state index in [0.29, 0.717) is 12.0 Å². The molecule has 7 heteroatoms. The molecular formula is C13H19NO5S. The summed E-state index contributed by atoms with van der Waals surface area (Å²) in [7, 11) is -3.71. The number of aliphatic hydroxyl groups is 1. The highest BCUT2D eigenvalue weighted by atomic mass is 32.2. The number of hydrogen-bond acceptors (Lipinski definition) is 4. The number of rotatable bonds is 7. The zero-order valence-electron chi connectivity index (χ0n) is 11.5. The maximum Gasteiger partial charge on any atom is 0.307 e. The van der Waals surface area contributed by atoms with Crippen LogP contribution < -0.4 is 4.72 Å². The second-order valence-corrected chi connectivity index (χ2v) is 6.66. The molecule has 0 amide bonds. The molecule has 0 saturated carbocycles. The number of carboxylic acids is 1. The van der Waals surface area contributed by atoms with Crippen molar-refractivity contribution in [3.05, 3.63) is 29.8 Å². The van der Waals surface area contributed by atoms with Gasteiger partial charge in [0, 0.05) is 6.54 Å². The van der Waals surface area contributed by atoms with E-state index < -0.39 is 21.6 Å². The van der Waals surface area contributed by atoms with Gasteiger partial charge in [0.15, 0.2) is 0 Å². The average molecular weight is 301 g/mol. The van der Waals surface area contributed by atoms with Crippen LogP contribution in [0.2, 0.25) is 0 Å². The lowest BCUT2D eigenvalue weighted by Gasteiger charge is -2.21. The van der Waals surface area contributed by atoms with Crippen LogP contribution in [0.1, 0.15) is 25.8 Å². The van der Waals surface area contributed by atoms with Gasteiger partial charge in [-0.05, 0) is 31.0 Å². The third kappa shape index (κ3) is 4.92. The highest BCUT2D eigenvalue weighted by Crippen LogP contribution is 2.13. The molecule has 1 aromatic carbocycles. The van der Waals surface area contributed by atoms with E-state index in [1.807, 2.05) is 0 Å². The molecule has 0 bridgehead atoms. The van der Waals surface area contributed by atoms with Crippen molar-refractivity contribution in [1.29, 1.82) is 0 Å². The molecule has 0 aliphatic rings. The molecule has 112 valence electrons. The zero-order chi connectivity index (χ0) is 15.4. The largest absolute Gasteiger partial charge is 0.481 e. The van der Waals surface area contributed by atoms with Gasteiger partial charge in [0.25, 0.3) is 0 Å². The Kier molecular flexibility index (Phi) is 5.27. The maximum atomic E-state index is 12.0. The Bertz CT molecular complexity index is 563. The molecule has 0 fully saturated rings. The lowest BCUT2D eigenvalue weighted by Crippen LogP contribution is -2.40. The van der Waals surface area contributed by atoms with Crippen LogP contribution in [0.3, 0.4) is 0 Å². The van der Waals surface area contributed by atoms with Crippen molar-refractivity contribution in [2.24, 2.45) is 0 Å². The average Bonchev–Trinajstić information content (AvgIpc) is 2.37. The van der Waals surface area contributed by atoms with Crippen LogP contribution in [-0.2, 0) is 21.2 Å². The van der Waals surface area contributed by atoms with E-state index in [2.05, 4.69) is 4.72 Å². The third-order valence-electron chi connectivity index (χ3n) is 2.99. The van der Waals surface area contributed by atoms with Gasteiger partial charge in [-0.25, -0.2) is 13.1 Å². The van der Waals surface area contributed by atoms with E-state index in [0.717, 1.165) is 0 Å². The predicted molar refractivity (Wildman–Crippen MR) is 73.9 cm³/mol. The Morgan fingerprint density at radius 3 is 2.30 bits per heavy atom. The summed E-state index contributed by atoms with van der Waals surface area (Å²) in [5.74, 6) is -0.974. The van der Waals surface area contributed by atoms with Crippen molar-refractivity contribution in [3.63, 3.8) is 0 Å². The van der Waals surface area contributed by atoms with Crippen LogP contribution in [0.5, 0.6) is 0 Å². The summed E-state index contributed by atoms with van der Waals surface area (Å²) in [6, 6.07) is 5.61. The fourth-order valence-corrected chi connectivity index (χ4v) is 2.58. The second kappa shape index (κ2) is 6.34. The van der Waals surface area contributed by atoms with Crippen LogP contribution in [-0.4, -0.2) is 36.7 Å². The van der Waals surface area contributed by atoms with Crippen molar-refractivity contribution in [1.82, 2.24) is 4.72 Å². The van der Waals surface area contributed by atoms with Crippen molar-refractivity contribution in [3.8, 4) is 0 Å². The first-order chi connectivity index (χ1) is 9.16. The van der Waals surface area contributed by atoms with E-state index in [1.54, 1.807) is 13.8 Å². The monoisotopic (exact) mass is 301 g/mol. The van der Waals surface area contributed by atoms with Gasteiger partial charge in [-0.2, -0.15) is 0 Å². The lowest BCUT2D eigenvalue weighted by molar-refractivity contribution is -0.136. The number of nitrogens with one attached hydrogen (secondary N) is 1. The molecule has 6 nitrogen and oxygen atoms in total. The molecule has 1 unspecified atom stereocenters. The minimum atomic E-state index is -3.71. The Hall–Kier alpha value is -1.44. The molecule has 0 spiro atoms. The van der Waals surface area contributed by atoms with Gasteiger partial charge in [-0.1, -0.05) is 19.1 Å². The molecule has 1 rings (SSSR count). The first kappa shape index (κ1) is 16.6. The van der Waals surface area contributed by atoms with Crippen LogP contribution in [0.15, 0.2) is 29.2 Å². The third-order valence-corrected chi connectivity index (χ3v) is 4.41. The predicted octanol–water partition coefficient (Wildman–Crippen LogP) is 0.753. The molecule has 20 heavy (non-hydrogen) atoms. The maximum absolute atomic E-state index is 12.0. The topological polar surface area (TPSA) is 104 Å². The minimum absolute atomic E-state index is 0.0403. The number of benzene rings is 1. The van der Waals surface area contributed by atoms with Crippen LogP contribution in [0.25, 0.3) is 0 Å². The normalized spacial score (nSPS) is 14.8. The molecule has 1 atom stereocenters. The number of aliphatic carboxylic acids is 1. The number of sulfonamides is 1. The molecule has 0 aromatic heterocycles. The van der Waals surface area contributed by atoms with Gasteiger partial charge in [0.1, 0.15) is 0 Å². The van der Waals surface area contributed by atoms with Gasteiger partial charge < -0.3 is 10.2 Å². The molecule has 0 heterocycles. The molecule has 3 N–H and O–H groups in total. The summed E-state index contributed by atoms with van der Waals surface area (Å²) < 4.78 is 26.3. The number of hydrogen-bond donors (Lipinski definition) is 3. The van der Waals surface area contributed by atoms with Gasteiger partial charge in [-0.3, -0.25) is 4.79 Å². The number of carboxylic acid groups (broad SMARTS) is 1. The van der Waals surface area contributed by atoms with Gasteiger partial charge in [0.2, 0.25) is 10.0 Å². The first-order valence-electron chi connectivity index (χ1n) is 6.19. The fraction of sp³-hybridized carbons (Fsp3) is 0.462. The standard InChI is InChI=1S/C13H19NO5S/c1-3-13(2,17)9-14-20(18,19)11-6-4-10(5-7-11)8-12(15)16/h4-7,14,17H,3,8-9H2,1-2H3,(H,15,16). The minimum Gasteiger partial charge on any atom is -0.481 e. The number of carbonyl (C=O) groups is 1. The zero-order valence-corrected chi connectivity index (χ0v) is 12.3. The highest BCUT2D eigenvalue weighted by molar-refractivity contribution is 7.89. The molecule has 0 saturated heterocycles. The lowest BCUT2D eigenvalue weighted by atomic mass is 10.1. The quantitative estimate of drug-likeness (QED) is 0.689. The Balaban J connectivity index is 2.80. The summed E-state index contributed by atoms with van der Waals surface area (Å²) in [5, 5.41) is 18.4. The summed E-state index contributed by atoms with van der Waals surface area (Å²) in [6.45, 7) is 3.23. The summed E-state index contributed by atoms with van der Waals surface area (Å²) in [5.41, 5.74) is -0.576. The van der Waals surface area contributed by atoms with Crippen molar-refractivity contribution in [2.75, 3.05) is 6.54 Å². The van der Waals surface area contributed by atoms with Crippen LogP contribution >= 0.6 is 0 Å². The van der Waals surface area contributed by atoms with Crippen molar-refractivity contribution in [2.45, 2.75) is 37.2 Å². The molecule has 1 aromatic rings.